The van der Waals surface area contributed by atoms with Gasteiger partial charge in [0.1, 0.15) is 5.52 Å². The summed E-state index contributed by atoms with van der Waals surface area (Å²) in [6.45, 7) is 5.38. The molecule has 0 aromatic carbocycles. The molecule has 188 valence electrons. The number of aromatic nitrogens is 7. The first-order chi connectivity index (χ1) is 17.2. The summed E-state index contributed by atoms with van der Waals surface area (Å²) in [5.41, 5.74) is 2.26. The average Bonchev–Trinajstić information content (AvgIpc) is 3.52. The zero-order chi connectivity index (χ0) is 23.6. The van der Waals surface area contributed by atoms with Gasteiger partial charge in [-0.3, -0.25) is 9.58 Å². The Hall–Kier alpha value is -2.83. The lowest BCUT2D eigenvalue weighted by Crippen LogP contribution is -2.46. The molecule has 5 heterocycles. The van der Waals surface area contributed by atoms with Crippen LogP contribution in [0.25, 0.3) is 11.2 Å². The first-order valence-electron chi connectivity index (χ1n) is 12.8. The number of nitrogens with one attached hydrogen (secondary N) is 2. The summed E-state index contributed by atoms with van der Waals surface area (Å²) in [6.07, 6.45) is 10.4. The van der Waals surface area contributed by atoms with E-state index in [4.69, 9.17) is 14.5 Å². The van der Waals surface area contributed by atoms with Gasteiger partial charge in [-0.15, -0.1) is 5.10 Å². The predicted octanol–water partition coefficient (Wildman–Crippen LogP) is 2.11. The van der Waals surface area contributed by atoms with Crippen molar-refractivity contribution in [1.29, 1.82) is 0 Å². The smallest absolute Gasteiger partial charge is 0.231 e. The Labute approximate surface area is 204 Å². The predicted molar refractivity (Wildman–Crippen MR) is 131 cm³/mol. The first kappa shape index (κ1) is 22.6. The van der Waals surface area contributed by atoms with Crippen LogP contribution in [-0.2, 0) is 16.5 Å². The number of hydrogen-bond donors (Lipinski definition) is 2. The topological polar surface area (TPSA) is 120 Å². The summed E-state index contributed by atoms with van der Waals surface area (Å²) in [7, 11) is 1.88. The molecule has 2 N–H and O–H groups in total. The molecule has 3 aromatic heterocycles. The maximum Gasteiger partial charge on any atom is 0.231 e. The fourth-order valence-electron chi connectivity index (χ4n) is 5.52. The van der Waals surface area contributed by atoms with E-state index in [1.165, 1.54) is 12.8 Å². The molecule has 3 fully saturated rings. The normalized spacial score (nSPS) is 24.6. The van der Waals surface area contributed by atoms with Crippen LogP contribution in [-0.4, -0.2) is 91.2 Å². The highest BCUT2D eigenvalue weighted by Gasteiger charge is 2.28. The van der Waals surface area contributed by atoms with Crippen molar-refractivity contribution in [1.82, 2.24) is 39.6 Å². The maximum atomic E-state index is 5.52. The highest BCUT2D eigenvalue weighted by Crippen LogP contribution is 2.29. The minimum absolute atomic E-state index is 0.365. The molecule has 12 heteroatoms. The number of morpholine rings is 1. The minimum atomic E-state index is 0.365. The van der Waals surface area contributed by atoms with Crippen LogP contribution in [0.15, 0.2) is 12.4 Å². The summed E-state index contributed by atoms with van der Waals surface area (Å²) in [5, 5.41) is 20.0. The number of hydrogen-bond acceptors (Lipinski definition) is 10. The third-order valence-corrected chi connectivity index (χ3v) is 7.49. The summed E-state index contributed by atoms with van der Waals surface area (Å²) < 4.78 is 14.7. The molecule has 0 radical (unpaired) electrons. The molecule has 3 aromatic rings. The molecule has 35 heavy (non-hydrogen) atoms. The van der Waals surface area contributed by atoms with Gasteiger partial charge in [-0.05, 0) is 38.5 Å². The fourth-order valence-corrected chi connectivity index (χ4v) is 5.52. The number of aryl methyl sites for hydroxylation is 1. The molecule has 0 bridgehead atoms. The van der Waals surface area contributed by atoms with Crippen molar-refractivity contribution in [3.05, 3.63) is 12.4 Å². The van der Waals surface area contributed by atoms with Crippen molar-refractivity contribution < 1.29 is 9.47 Å². The summed E-state index contributed by atoms with van der Waals surface area (Å²) in [4.78, 5) is 12.0. The molecule has 1 saturated carbocycles. The van der Waals surface area contributed by atoms with Crippen LogP contribution in [0.1, 0.15) is 44.6 Å². The van der Waals surface area contributed by atoms with Crippen molar-refractivity contribution in [2.45, 2.75) is 56.7 Å². The van der Waals surface area contributed by atoms with Crippen LogP contribution < -0.4 is 10.6 Å². The van der Waals surface area contributed by atoms with E-state index < -0.39 is 0 Å². The van der Waals surface area contributed by atoms with Gasteiger partial charge in [-0.2, -0.15) is 15.1 Å². The molecule has 0 spiro atoms. The second-order valence-electron chi connectivity index (χ2n) is 9.76. The maximum absolute atomic E-state index is 5.52. The van der Waals surface area contributed by atoms with Crippen molar-refractivity contribution in [3.63, 3.8) is 0 Å². The Balaban J connectivity index is 1.15. The van der Waals surface area contributed by atoms with Gasteiger partial charge in [0, 0.05) is 51.6 Å². The fraction of sp³-hybridized carbons (Fsp3) is 0.696. The second-order valence-corrected chi connectivity index (χ2v) is 9.76. The minimum Gasteiger partial charge on any atom is -0.381 e. The summed E-state index contributed by atoms with van der Waals surface area (Å²) >= 11 is 0. The molecule has 2 saturated heterocycles. The Kier molecular flexibility index (Phi) is 6.49. The van der Waals surface area contributed by atoms with Gasteiger partial charge < -0.3 is 20.1 Å². The monoisotopic (exact) mass is 482 g/mol. The number of fused-ring (bicyclic) bond motifs is 1. The van der Waals surface area contributed by atoms with Gasteiger partial charge >= 0.3 is 0 Å². The van der Waals surface area contributed by atoms with E-state index in [0.717, 1.165) is 82.2 Å². The van der Waals surface area contributed by atoms with Crippen molar-refractivity contribution >= 4 is 28.6 Å². The number of ether oxygens (including phenoxy) is 2. The lowest BCUT2D eigenvalue weighted by atomic mass is 9.90. The van der Waals surface area contributed by atoms with E-state index in [0.29, 0.717) is 29.7 Å². The van der Waals surface area contributed by atoms with E-state index in [9.17, 15) is 0 Å². The van der Waals surface area contributed by atoms with Gasteiger partial charge in [0.15, 0.2) is 5.82 Å². The zero-order valence-electron chi connectivity index (χ0n) is 20.3. The van der Waals surface area contributed by atoms with Crippen molar-refractivity contribution in [3.8, 4) is 0 Å². The highest BCUT2D eigenvalue weighted by atomic mass is 16.5. The molecular formula is C23H34N10O2. The van der Waals surface area contributed by atoms with Crippen LogP contribution in [0.3, 0.4) is 0 Å². The van der Waals surface area contributed by atoms with E-state index >= 15 is 0 Å². The SMILES string of the molecule is Cn1nnc2nc(Nc3cnn(C4CCOCC4)c3)nc(N[C@H]3CC[C@H](N4CCOCC4)CC3)c21. The second kappa shape index (κ2) is 10.0. The Morgan fingerprint density at radius 1 is 0.914 bits per heavy atom. The molecule has 6 rings (SSSR count). The number of anilines is 3. The van der Waals surface area contributed by atoms with Crippen LogP contribution in [0.2, 0.25) is 0 Å². The standard InChI is InChI=1S/C23H34N10O2/c1-31-20-21(25-16-2-4-18(5-3-16)32-8-12-35-13-9-32)27-23(28-22(20)29-30-31)26-17-14-24-33(15-17)19-6-10-34-11-7-19/h14-16,18-19H,2-13H2,1H3,(H2,25,26,27,28)/t16-,18-. The van der Waals surface area contributed by atoms with Crippen molar-refractivity contribution in [2.24, 2.45) is 7.05 Å². The zero-order valence-corrected chi connectivity index (χ0v) is 20.3. The van der Waals surface area contributed by atoms with Crippen LogP contribution in [0.4, 0.5) is 17.5 Å². The molecule has 3 aliphatic rings. The van der Waals surface area contributed by atoms with Gasteiger partial charge in [0.25, 0.3) is 0 Å². The third kappa shape index (κ3) is 4.95. The highest BCUT2D eigenvalue weighted by molar-refractivity contribution is 5.84. The quantitative estimate of drug-likeness (QED) is 0.540. The Morgan fingerprint density at radius 3 is 2.49 bits per heavy atom. The van der Waals surface area contributed by atoms with Crippen LogP contribution in [0.5, 0.6) is 0 Å². The van der Waals surface area contributed by atoms with Gasteiger partial charge in [0.05, 0.1) is 31.1 Å². The molecule has 0 unspecified atom stereocenters. The molecular weight excluding hydrogens is 448 g/mol. The van der Waals surface area contributed by atoms with E-state index in [2.05, 4.69) is 35.9 Å². The number of rotatable bonds is 6. The van der Waals surface area contributed by atoms with Gasteiger partial charge in [-0.1, -0.05) is 5.21 Å². The molecule has 0 atom stereocenters. The largest absolute Gasteiger partial charge is 0.381 e. The average molecular weight is 483 g/mol. The molecule has 0 amide bonds. The summed E-state index contributed by atoms with van der Waals surface area (Å²) in [5.74, 6) is 1.27. The van der Waals surface area contributed by atoms with Crippen LogP contribution >= 0.6 is 0 Å². The van der Waals surface area contributed by atoms with Crippen molar-refractivity contribution in [2.75, 3.05) is 50.2 Å². The van der Waals surface area contributed by atoms with E-state index in [1.54, 1.807) is 4.68 Å². The molecule has 1 aliphatic carbocycles. The lowest BCUT2D eigenvalue weighted by Gasteiger charge is -2.39. The first-order valence-corrected chi connectivity index (χ1v) is 12.8. The summed E-state index contributed by atoms with van der Waals surface area (Å²) in [6, 6.07) is 1.39. The van der Waals surface area contributed by atoms with E-state index in [1.807, 2.05) is 24.1 Å². The third-order valence-electron chi connectivity index (χ3n) is 7.49. The Morgan fingerprint density at radius 2 is 1.69 bits per heavy atom. The molecule has 2 aliphatic heterocycles. The lowest BCUT2D eigenvalue weighted by molar-refractivity contribution is 0.00791. The van der Waals surface area contributed by atoms with Gasteiger partial charge in [0.2, 0.25) is 11.6 Å². The molecule has 12 nitrogen and oxygen atoms in total. The van der Waals surface area contributed by atoms with E-state index in [-0.39, 0.29) is 0 Å². The number of nitrogens with zero attached hydrogens (tertiary/aromatic N) is 8. The Bertz CT molecular complexity index is 1130. The van der Waals surface area contributed by atoms with Crippen LogP contribution in [0, 0.1) is 0 Å². The van der Waals surface area contributed by atoms with Gasteiger partial charge in [-0.25, -0.2) is 4.68 Å².